The Morgan fingerprint density at radius 1 is 1.47 bits per heavy atom. The van der Waals surface area contributed by atoms with Gasteiger partial charge >= 0.3 is 0 Å². The van der Waals surface area contributed by atoms with Gasteiger partial charge in [0, 0.05) is 14.1 Å². The number of rotatable bonds is 2. The van der Waals surface area contributed by atoms with Gasteiger partial charge in [-0.3, -0.25) is 9.69 Å². The molecule has 0 spiro atoms. The largest absolute Gasteiger partial charge is 0.343 e. The van der Waals surface area contributed by atoms with E-state index in [4.69, 9.17) is 0 Å². The lowest BCUT2D eigenvalue weighted by Crippen LogP contribution is -2.24. The zero-order valence-electron chi connectivity index (χ0n) is 10.7. The van der Waals surface area contributed by atoms with Crippen molar-refractivity contribution < 1.29 is 4.79 Å². The molecule has 0 N–H and O–H groups in total. The Balaban J connectivity index is 2.25. The maximum absolute atomic E-state index is 11.8. The molecular weight excluding hydrogens is 214 g/mol. The SMILES string of the molecule is CN(C)C(=O)c1cccc([C@H]2CCCN2C)n1. The van der Waals surface area contributed by atoms with Crippen LogP contribution in [0.3, 0.4) is 0 Å². The van der Waals surface area contributed by atoms with E-state index in [-0.39, 0.29) is 5.91 Å². The molecule has 1 aromatic heterocycles. The van der Waals surface area contributed by atoms with Gasteiger partial charge < -0.3 is 4.90 Å². The lowest BCUT2D eigenvalue weighted by atomic mass is 10.1. The van der Waals surface area contributed by atoms with Crippen LogP contribution in [0.15, 0.2) is 18.2 Å². The van der Waals surface area contributed by atoms with Crippen LogP contribution in [0.1, 0.15) is 35.1 Å². The smallest absolute Gasteiger partial charge is 0.271 e. The summed E-state index contributed by atoms with van der Waals surface area (Å²) in [6.07, 6.45) is 2.33. The van der Waals surface area contributed by atoms with Gasteiger partial charge in [0.15, 0.2) is 0 Å². The molecule has 0 radical (unpaired) electrons. The standard InChI is InChI=1S/C13H19N3O/c1-15(2)13(17)11-7-4-6-10(14-11)12-8-5-9-16(12)3/h4,6-7,12H,5,8-9H2,1-3H3/t12-/m1/s1. The fourth-order valence-electron chi connectivity index (χ4n) is 2.27. The molecule has 1 aromatic rings. The number of carbonyl (C=O) groups excluding carboxylic acids is 1. The molecule has 1 fully saturated rings. The molecule has 0 aromatic carbocycles. The Hall–Kier alpha value is -1.42. The number of pyridine rings is 1. The third kappa shape index (κ3) is 2.47. The summed E-state index contributed by atoms with van der Waals surface area (Å²) < 4.78 is 0. The molecule has 17 heavy (non-hydrogen) atoms. The number of aromatic nitrogens is 1. The van der Waals surface area contributed by atoms with E-state index in [1.54, 1.807) is 25.1 Å². The second-order valence-corrected chi connectivity index (χ2v) is 4.79. The average molecular weight is 233 g/mol. The summed E-state index contributed by atoms with van der Waals surface area (Å²) in [5.41, 5.74) is 1.55. The molecule has 4 nitrogen and oxygen atoms in total. The predicted octanol–water partition coefficient (Wildman–Crippen LogP) is 1.55. The molecule has 1 aliphatic rings. The van der Waals surface area contributed by atoms with Crippen molar-refractivity contribution in [1.82, 2.24) is 14.8 Å². The highest BCUT2D eigenvalue weighted by Gasteiger charge is 2.24. The van der Waals surface area contributed by atoms with Crippen LogP contribution in [-0.4, -0.2) is 48.4 Å². The van der Waals surface area contributed by atoms with Gasteiger partial charge in [0.25, 0.3) is 5.91 Å². The Morgan fingerprint density at radius 2 is 2.24 bits per heavy atom. The summed E-state index contributed by atoms with van der Waals surface area (Å²) >= 11 is 0. The van der Waals surface area contributed by atoms with Crippen LogP contribution in [0.4, 0.5) is 0 Å². The first-order chi connectivity index (χ1) is 8.09. The van der Waals surface area contributed by atoms with E-state index in [0.717, 1.165) is 18.7 Å². The fourth-order valence-corrected chi connectivity index (χ4v) is 2.27. The van der Waals surface area contributed by atoms with E-state index >= 15 is 0 Å². The quantitative estimate of drug-likeness (QED) is 0.777. The molecular formula is C13H19N3O. The second kappa shape index (κ2) is 4.84. The zero-order chi connectivity index (χ0) is 12.4. The lowest BCUT2D eigenvalue weighted by Gasteiger charge is -2.19. The van der Waals surface area contributed by atoms with Crippen molar-refractivity contribution in [2.75, 3.05) is 27.7 Å². The Kier molecular flexibility index (Phi) is 3.43. The maximum atomic E-state index is 11.8. The van der Waals surface area contributed by atoms with Crippen molar-refractivity contribution in [2.24, 2.45) is 0 Å². The first-order valence-corrected chi connectivity index (χ1v) is 5.98. The molecule has 1 atom stereocenters. The van der Waals surface area contributed by atoms with Crippen molar-refractivity contribution in [2.45, 2.75) is 18.9 Å². The number of hydrogen-bond donors (Lipinski definition) is 0. The normalized spacial score (nSPS) is 20.5. The highest BCUT2D eigenvalue weighted by Crippen LogP contribution is 2.28. The van der Waals surface area contributed by atoms with Crippen LogP contribution < -0.4 is 0 Å². The first-order valence-electron chi connectivity index (χ1n) is 5.98. The topological polar surface area (TPSA) is 36.4 Å². The van der Waals surface area contributed by atoms with E-state index in [1.807, 2.05) is 12.1 Å². The Labute approximate surface area is 102 Å². The highest BCUT2D eigenvalue weighted by atomic mass is 16.2. The third-order valence-corrected chi connectivity index (χ3v) is 3.26. The summed E-state index contributed by atoms with van der Waals surface area (Å²) in [5.74, 6) is -0.0347. The first kappa shape index (κ1) is 12.0. The summed E-state index contributed by atoms with van der Waals surface area (Å²) in [6, 6.07) is 6.08. The van der Waals surface area contributed by atoms with Gasteiger partial charge in [0.2, 0.25) is 0 Å². The number of likely N-dealkylation sites (tertiary alicyclic amines) is 1. The minimum atomic E-state index is -0.0347. The van der Waals surface area contributed by atoms with Crippen molar-refractivity contribution >= 4 is 5.91 Å². The monoisotopic (exact) mass is 233 g/mol. The minimum Gasteiger partial charge on any atom is -0.343 e. The molecule has 0 aliphatic carbocycles. The molecule has 2 heterocycles. The third-order valence-electron chi connectivity index (χ3n) is 3.26. The molecule has 1 amide bonds. The van der Waals surface area contributed by atoms with Crippen LogP contribution >= 0.6 is 0 Å². The molecule has 92 valence electrons. The maximum Gasteiger partial charge on any atom is 0.271 e. The van der Waals surface area contributed by atoms with Crippen LogP contribution in [0.2, 0.25) is 0 Å². The molecule has 2 rings (SSSR count). The van der Waals surface area contributed by atoms with E-state index < -0.39 is 0 Å². The van der Waals surface area contributed by atoms with Gasteiger partial charge in [-0.2, -0.15) is 0 Å². The van der Waals surface area contributed by atoms with Crippen molar-refractivity contribution in [3.8, 4) is 0 Å². The summed E-state index contributed by atoms with van der Waals surface area (Å²) in [4.78, 5) is 20.2. The minimum absolute atomic E-state index is 0.0347. The van der Waals surface area contributed by atoms with E-state index in [9.17, 15) is 4.79 Å². The molecule has 1 aliphatic heterocycles. The average Bonchev–Trinajstić information content (AvgIpc) is 2.74. The lowest BCUT2D eigenvalue weighted by molar-refractivity contribution is 0.0821. The van der Waals surface area contributed by atoms with Gasteiger partial charge in [0.05, 0.1) is 11.7 Å². The zero-order valence-corrected chi connectivity index (χ0v) is 10.7. The molecule has 0 saturated carbocycles. The Morgan fingerprint density at radius 3 is 2.82 bits per heavy atom. The number of nitrogens with zero attached hydrogens (tertiary/aromatic N) is 3. The second-order valence-electron chi connectivity index (χ2n) is 4.79. The summed E-state index contributed by atoms with van der Waals surface area (Å²) in [5, 5.41) is 0. The summed E-state index contributed by atoms with van der Waals surface area (Å²) in [6.45, 7) is 1.11. The van der Waals surface area contributed by atoms with Gasteiger partial charge in [0.1, 0.15) is 5.69 Å². The molecule has 1 saturated heterocycles. The van der Waals surface area contributed by atoms with Crippen LogP contribution in [0.25, 0.3) is 0 Å². The fraction of sp³-hybridized carbons (Fsp3) is 0.538. The van der Waals surface area contributed by atoms with Gasteiger partial charge in [-0.1, -0.05) is 6.07 Å². The number of carbonyl (C=O) groups is 1. The Bertz CT molecular complexity index is 417. The summed E-state index contributed by atoms with van der Waals surface area (Å²) in [7, 11) is 5.61. The van der Waals surface area contributed by atoms with E-state index in [2.05, 4.69) is 16.9 Å². The van der Waals surface area contributed by atoms with Crippen molar-refractivity contribution in [3.63, 3.8) is 0 Å². The van der Waals surface area contributed by atoms with Gasteiger partial charge in [-0.05, 0) is 38.6 Å². The predicted molar refractivity (Wildman–Crippen MR) is 66.9 cm³/mol. The number of hydrogen-bond acceptors (Lipinski definition) is 3. The van der Waals surface area contributed by atoms with Crippen LogP contribution in [0.5, 0.6) is 0 Å². The van der Waals surface area contributed by atoms with Crippen LogP contribution in [0, 0.1) is 0 Å². The van der Waals surface area contributed by atoms with Crippen LogP contribution in [-0.2, 0) is 0 Å². The van der Waals surface area contributed by atoms with Crippen molar-refractivity contribution in [3.05, 3.63) is 29.6 Å². The van der Waals surface area contributed by atoms with Crippen molar-refractivity contribution in [1.29, 1.82) is 0 Å². The molecule has 4 heteroatoms. The molecule has 0 bridgehead atoms. The van der Waals surface area contributed by atoms with E-state index in [0.29, 0.717) is 11.7 Å². The molecule has 0 unspecified atom stereocenters. The van der Waals surface area contributed by atoms with Gasteiger partial charge in [-0.25, -0.2) is 4.98 Å². The number of amides is 1. The highest BCUT2D eigenvalue weighted by molar-refractivity contribution is 5.91. The van der Waals surface area contributed by atoms with Gasteiger partial charge in [-0.15, -0.1) is 0 Å². The van der Waals surface area contributed by atoms with E-state index in [1.165, 1.54) is 6.42 Å².